The summed E-state index contributed by atoms with van der Waals surface area (Å²) < 4.78 is 1.42. The Morgan fingerprint density at radius 2 is 2.16 bits per heavy atom. The third-order valence-corrected chi connectivity index (χ3v) is 7.87. The fourth-order valence-electron chi connectivity index (χ4n) is 3.92. The number of carbonyl (C=O) groups is 3. The van der Waals surface area contributed by atoms with E-state index in [1.807, 2.05) is 0 Å². The number of β-lactam (4-membered cyclic amide) rings is 1. The molecule has 1 saturated heterocycles. The van der Waals surface area contributed by atoms with E-state index in [1.54, 1.807) is 13.0 Å². The fraction of sp³-hybridized carbons (Fsp3) is 0.250. The second-order valence-electron chi connectivity index (χ2n) is 7.77. The molecule has 14 nitrogen and oxygen atoms in total. The van der Waals surface area contributed by atoms with Gasteiger partial charge >= 0.3 is 5.97 Å². The number of carboxylic acids is 1. The molecule has 5 rings (SSSR count). The van der Waals surface area contributed by atoms with Crippen molar-refractivity contribution in [1.82, 2.24) is 34.8 Å². The number of amides is 2. The molecule has 4 N–H and O–H groups in total. The van der Waals surface area contributed by atoms with Crippen molar-refractivity contribution in [1.29, 1.82) is 0 Å². The van der Waals surface area contributed by atoms with E-state index in [1.165, 1.54) is 35.1 Å². The van der Waals surface area contributed by atoms with Crippen molar-refractivity contribution in [2.75, 3.05) is 18.6 Å². The number of carboxylic acid groups (broad SMARTS) is 1. The average Bonchev–Trinajstić information content (AvgIpc) is 3.52. The Morgan fingerprint density at radius 1 is 1.38 bits per heavy atom. The van der Waals surface area contributed by atoms with Crippen molar-refractivity contribution in [3.8, 4) is 0 Å². The number of fused-ring (bicyclic) bond motifs is 2. The molecular weight excluding hydrogens is 542 g/mol. The molecule has 2 aliphatic rings. The van der Waals surface area contributed by atoms with Crippen LogP contribution in [0.5, 0.6) is 0 Å². The number of aromatic nitrogens is 5. The van der Waals surface area contributed by atoms with Gasteiger partial charge in [0.25, 0.3) is 11.8 Å². The molecular formula is C20H17N9O5S3. The lowest BCUT2D eigenvalue weighted by molar-refractivity contribution is -0.150. The lowest BCUT2D eigenvalue weighted by atomic mass is 10.0. The molecule has 2 aliphatic heterocycles. The molecule has 190 valence electrons. The molecule has 3 aromatic heterocycles. The van der Waals surface area contributed by atoms with Gasteiger partial charge in [0.05, 0.1) is 4.86 Å². The predicted octanol–water partition coefficient (Wildman–Crippen LogP) is -0.0213. The number of oxime groups is 1. The van der Waals surface area contributed by atoms with Crippen molar-refractivity contribution in [3.05, 3.63) is 46.3 Å². The van der Waals surface area contributed by atoms with Crippen LogP contribution in [0.4, 0.5) is 5.13 Å². The fourth-order valence-corrected chi connectivity index (χ4v) is 6.22. The van der Waals surface area contributed by atoms with Crippen molar-refractivity contribution < 1.29 is 24.3 Å². The van der Waals surface area contributed by atoms with Gasteiger partial charge in [-0.15, -0.1) is 23.1 Å². The van der Waals surface area contributed by atoms with Crippen LogP contribution in [-0.2, 0) is 19.2 Å². The highest BCUT2D eigenvalue weighted by molar-refractivity contribution is 8.00. The molecule has 0 aliphatic carbocycles. The predicted molar refractivity (Wildman–Crippen MR) is 137 cm³/mol. The van der Waals surface area contributed by atoms with Crippen molar-refractivity contribution in [2.45, 2.75) is 18.3 Å². The number of rotatable bonds is 7. The Balaban J connectivity index is 1.43. The van der Waals surface area contributed by atoms with E-state index in [0.29, 0.717) is 11.3 Å². The highest BCUT2D eigenvalue weighted by Crippen LogP contribution is 2.41. The summed E-state index contributed by atoms with van der Waals surface area (Å²) >= 11 is 8.00. The van der Waals surface area contributed by atoms with E-state index in [-0.39, 0.29) is 44.2 Å². The largest absolute Gasteiger partial charge is 0.477 e. The number of nitrogen functional groups attached to an aromatic ring is 1. The topological polar surface area (TPSA) is 190 Å². The maximum Gasteiger partial charge on any atom is 0.353 e. The van der Waals surface area contributed by atoms with Gasteiger partial charge in [-0.1, -0.05) is 17.4 Å². The summed E-state index contributed by atoms with van der Waals surface area (Å²) in [4.78, 5) is 56.9. The van der Waals surface area contributed by atoms with Crippen molar-refractivity contribution >= 4 is 74.5 Å². The Kier molecular flexibility index (Phi) is 6.34. The minimum Gasteiger partial charge on any atom is -0.477 e. The van der Waals surface area contributed by atoms with Crippen LogP contribution in [0.25, 0.3) is 5.65 Å². The lowest BCUT2D eigenvalue weighted by Crippen LogP contribution is -2.71. The first-order valence-corrected chi connectivity index (χ1v) is 12.8. The maximum absolute atomic E-state index is 13.1. The molecule has 3 aromatic rings. The van der Waals surface area contributed by atoms with E-state index in [4.69, 9.17) is 22.8 Å². The molecule has 17 heteroatoms. The van der Waals surface area contributed by atoms with Gasteiger partial charge in [-0.2, -0.15) is 9.61 Å². The minimum atomic E-state index is -1.33. The highest BCUT2D eigenvalue weighted by Gasteiger charge is 2.55. The number of aliphatic carboxylic acids is 1. The van der Waals surface area contributed by atoms with Crippen LogP contribution in [0.2, 0.25) is 0 Å². The first-order valence-electron chi connectivity index (χ1n) is 10.5. The van der Waals surface area contributed by atoms with E-state index in [0.717, 1.165) is 16.2 Å². The number of thiazole rings is 1. The standard InChI is InChI=1S/C20H17N9O5S3/c1-7-3-10-22-6-23-29(10)15(24-7)14(35)8-4-36-18-12(17(31)28(18)13(8)19(32)33)26-16(30)11(27-34-2)9-5-37-20(21)25-9/h3,5-6,12,18H,4H2,1-2H3,(H2,21,25)(H,26,30)(H,32,33)/t12-,18-/m1/s1. The minimum absolute atomic E-state index is 0.137. The van der Waals surface area contributed by atoms with Gasteiger partial charge in [0.15, 0.2) is 22.3 Å². The summed E-state index contributed by atoms with van der Waals surface area (Å²) in [5.41, 5.74) is 6.77. The van der Waals surface area contributed by atoms with Crippen LogP contribution in [0.15, 0.2) is 34.2 Å². The molecule has 5 heterocycles. The number of nitrogens with zero attached hydrogens (tertiary/aromatic N) is 7. The first kappa shape index (κ1) is 24.7. The Morgan fingerprint density at radius 3 is 2.84 bits per heavy atom. The van der Waals surface area contributed by atoms with Gasteiger partial charge in [0.1, 0.15) is 36.2 Å². The summed E-state index contributed by atoms with van der Waals surface area (Å²) in [6.07, 6.45) is 1.34. The van der Waals surface area contributed by atoms with Crippen LogP contribution in [0.1, 0.15) is 17.2 Å². The van der Waals surface area contributed by atoms with E-state index in [2.05, 4.69) is 30.5 Å². The quantitative estimate of drug-likeness (QED) is 0.115. The lowest BCUT2D eigenvalue weighted by Gasteiger charge is -2.49. The molecule has 37 heavy (non-hydrogen) atoms. The number of thiocarbonyl (C=S) groups is 1. The summed E-state index contributed by atoms with van der Waals surface area (Å²) in [7, 11) is 1.26. The number of nitrogens with one attached hydrogen (secondary N) is 1. The molecule has 1 fully saturated rings. The molecule has 0 bridgehead atoms. The zero-order chi connectivity index (χ0) is 26.4. The molecule has 2 atom stereocenters. The van der Waals surface area contributed by atoms with Gasteiger partial charge in [-0.3, -0.25) is 14.5 Å². The number of hydrogen-bond donors (Lipinski definition) is 3. The molecule has 2 amide bonds. The van der Waals surface area contributed by atoms with E-state index in [9.17, 15) is 19.5 Å². The normalized spacial score (nSPS) is 19.5. The first-order chi connectivity index (χ1) is 17.7. The smallest absolute Gasteiger partial charge is 0.353 e. The Labute approximate surface area is 221 Å². The van der Waals surface area contributed by atoms with Gasteiger partial charge in [-0.05, 0) is 6.92 Å². The van der Waals surface area contributed by atoms with Crippen LogP contribution >= 0.6 is 35.3 Å². The second kappa shape index (κ2) is 9.49. The van der Waals surface area contributed by atoms with Crippen LogP contribution in [0.3, 0.4) is 0 Å². The zero-order valence-electron chi connectivity index (χ0n) is 19.1. The summed E-state index contributed by atoms with van der Waals surface area (Å²) in [5, 5.41) is 21.6. The molecule has 0 saturated carbocycles. The summed E-state index contributed by atoms with van der Waals surface area (Å²) in [6.45, 7) is 1.76. The monoisotopic (exact) mass is 559 g/mol. The van der Waals surface area contributed by atoms with Crippen LogP contribution < -0.4 is 11.1 Å². The van der Waals surface area contributed by atoms with Crippen molar-refractivity contribution in [3.63, 3.8) is 0 Å². The SMILES string of the molecule is CON=C(C(=O)N[C@@H]1C(=O)N2C(C(=O)O)=C(C(=S)c3nc(C)cc4ncnn34)CS[C@H]12)c1csc(N)n1. The molecule has 0 unspecified atom stereocenters. The third-order valence-electron chi connectivity index (χ3n) is 5.49. The van der Waals surface area contributed by atoms with Crippen molar-refractivity contribution in [2.24, 2.45) is 5.16 Å². The van der Waals surface area contributed by atoms with Crippen LogP contribution in [-0.4, -0.2) is 87.2 Å². The number of hydrogen-bond acceptors (Lipinski definition) is 13. The van der Waals surface area contributed by atoms with E-state index < -0.39 is 29.2 Å². The van der Waals surface area contributed by atoms with Gasteiger partial charge < -0.3 is 21.0 Å². The Hall–Kier alpha value is -3.96. The maximum atomic E-state index is 13.1. The number of anilines is 1. The third kappa shape index (κ3) is 4.19. The van der Waals surface area contributed by atoms with E-state index >= 15 is 0 Å². The molecule has 0 aromatic carbocycles. The summed E-state index contributed by atoms with van der Waals surface area (Å²) in [5.74, 6) is -2.25. The average molecular weight is 560 g/mol. The summed E-state index contributed by atoms with van der Waals surface area (Å²) in [6, 6.07) is 0.712. The number of nitrogens with two attached hydrogens (primary N) is 1. The second-order valence-corrected chi connectivity index (χ2v) is 10.2. The molecule has 0 radical (unpaired) electrons. The van der Waals surface area contributed by atoms with Gasteiger partial charge in [0.2, 0.25) is 0 Å². The number of thioether (sulfide) groups is 1. The number of aryl methyl sites for hydroxylation is 1. The van der Waals surface area contributed by atoms with Gasteiger partial charge in [0, 0.05) is 28.5 Å². The number of carbonyl (C=O) groups excluding carboxylic acids is 2. The van der Waals surface area contributed by atoms with Crippen LogP contribution in [0, 0.1) is 6.92 Å². The van der Waals surface area contributed by atoms with Gasteiger partial charge in [-0.25, -0.2) is 19.7 Å². The zero-order valence-corrected chi connectivity index (χ0v) is 21.6. The highest BCUT2D eigenvalue weighted by atomic mass is 32.2. The Bertz CT molecular complexity index is 1540. The molecule has 0 spiro atoms.